The van der Waals surface area contributed by atoms with Crippen LogP contribution in [0.1, 0.15) is 18.4 Å². The number of benzene rings is 1. The molecule has 0 saturated heterocycles. The maximum Gasteiger partial charge on any atom is 0.231 e. The lowest BCUT2D eigenvalue weighted by molar-refractivity contribution is -0.118. The van der Waals surface area contributed by atoms with Crippen molar-refractivity contribution >= 4 is 23.2 Å². The number of rotatable bonds is 4. The first-order valence-corrected chi connectivity index (χ1v) is 6.40. The normalized spacial score (nSPS) is 13.6. The lowest BCUT2D eigenvalue weighted by Gasteiger charge is -2.18. The van der Waals surface area contributed by atoms with E-state index in [1.54, 1.807) is 23.9 Å². The van der Waals surface area contributed by atoms with Crippen LogP contribution in [0.5, 0.6) is 0 Å². The van der Waals surface area contributed by atoms with Gasteiger partial charge in [-0.15, -0.1) is 0 Å². The van der Waals surface area contributed by atoms with Gasteiger partial charge in [0.2, 0.25) is 11.8 Å². The summed E-state index contributed by atoms with van der Waals surface area (Å²) in [6, 6.07) is 5.67. The Bertz CT molecular complexity index is 513. The maximum absolute atomic E-state index is 11.9. The number of fused-ring (bicyclic) bond motifs is 1. The van der Waals surface area contributed by atoms with Gasteiger partial charge >= 0.3 is 0 Å². The molecule has 0 bridgehead atoms. The highest BCUT2D eigenvalue weighted by Gasteiger charge is 2.24. The van der Waals surface area contributed by atoms with Crippen molar-refractivity contribution in [3.8, 4) is 0 Å². The second-order valence-corrected chi connectivity index (χ2v) is 4.79. The SMILES string of the molecule is CN(C(=O)CCCN)c1ccc2c(c1)CC(=O)N2C. The van der Waals surface area contributed by atoms with Crippen LogP contribution < -0.4 is 15.5 Å². The van der Waals surface area contributed by atoms with E-state index in [1.165, 1.54) is 0 Å². The lowest BCUT2D eigenvalue weighted by atomic mass is 10.1. The van der Waals surface area contributed by atoms with Crippen molar-refractivity contribution in [1.82, 2.24) is 0 Å². The molecule has 0 aromatic heterocycles. The van der Waals surface area contributed by atoms with Crippen molar-refractivity contribution in [2.24, 2.45) is 5.73 Å². The molecule has 1 aliphatic rings. The van der Waals surface area contributed by atoms with E-state index in [0.717, 1.165) is 16.9 Å². The molecule has 0 fully saturated rings. The summed E-state index contributed by atoms with van der Waals surface area (Å²) in [4.78, 5) is 26.8. The van der Waals surface area contributed by atoms with Crippen molar-refractivity contribution in [2.75, 3.05) is 30.4 Å². The monoisotopic (exact) mass is 261 g/mol. The van der Waals surface area contributed by atoms with Gasteiger partial charge in [-0.25, -0.2) is 0 Å². The molecule has 2 rings (SSSR count). The fourth-order valence-electron chi connectivity index (χ4n) is 2.23. The quantitative estimate of drug-likeness (QED) is 0.876. The zero-order valence-electron chi connectivity index (χ0n) is 11.3. The first-order valence-electron chi connectivity index (χ1n) is 6.40. The zero-order valence-corrected chi connectivity index (χ0v) is 11.3. The van der Waals surface area contributed by atoms with E-state index < -0.39 is 0 Å². The number of carbonyl (C=O) groups excluding carboxylic acids is 2. The van der Waals surface area contributed by atoms with E-state index >= 15 is 0 Å². The number of carbonyl (C=O) groups is 2. The second kappa shape index (κ2) is 5.40. The van der Waals surface area contributed by atoms with Crippen molar-refractivity contribution in [3.05, 3.63) is 23.8 Å². The number of likely N-dealkylation sites (N-methyl/N-ethyl adjacent to an activating group) is 1. The molecular weight excluding hydrogens is 242 g/mol. The highest BCUT2D eigenvalue weighted by molar-refractivity contribution is 6.02. The molecule has 0 atom stereocenters. The topological polar surface area (TPSA) is 66.6 Å². The molecule has 1 aromatic carbocycles. The van der Waals surface area contributed by atoms with Crippen molar-refractivity contribution in [2.45, 2.75) is 19.3 Å². The summed E-state index contributed by atoms with van der Waals surface area (Å²) in [7, 11) is 3.52. The summed E-state index contributed by atoms with van der Waals surface area (Å²) < 4.78 is 0. The number of amides is 2. The summed E-state index contributed by atoms with van der Waals surface area (Å²) in [6.07, 6.45) is 1.54. The number of hydrogen-bond donors (Lipinski definition) is 1. The van der Waals surface area contributed by atoms with Gasteiger partial charge in [0.1, 0.15) is 0 Å². The number of anilines is 2. The van der Waals surface area contributed by atoms with Crippen LogP contribution in [0.4, 0.5) is 11.4 Å². The van der Waals surface area contributed by atoms with Crippen LogP contribution in [-0.2, 0) is 16.0 Å². The molecule has 0 saturated carbocycles. The minimum atomic E-state index is 0.0445. The molecule has 0 unspecified atom stereocenters. The molecule has 5 heteroatoms. The predicted molar refractivity (Wildman–Crippen MR) is 75.3 cm³/mol. The van der Waals surface area contributed by atoms with E-state index in [-0.39, 0.29) is 11.8 Å². The Hall–Kier alpha value is -1.88. The van der Waals surface area contributed by atoms with Gasteiger partial charge in [0.25, 0.3) is 0 Å². The van der Waals surface area contributed by atoms with Crippen molar-refractivity contribution in [3.63, 3.8) is 0 Å². The van der Waals surface area contributed by atoms with E-state index in [2.05, 4.69) is 0 Å². The Morgan fingerprint density at radius 2 is 2.21 bits per heavy atom. The van der Waals surface area contributed by atoms with Gasteiger partial charge in [-0.2, -0.15) is 0 Å². The molecule has 2 amide bonds. The minimum Gasteiger partial charge on any atom is -0.330 e. The molecule has 1 aromatic rings. The zero-order chi connectivity index (χ0) is 14.0. The minimum absolute atomic E-state index is 0.0445. The molecule has 1 aliphatic heterocycles. The molecule has 102 valence electrons. The van der Waals surface area contributed by atoms with E-state index in [4.69, 9.17) is 5.73 Å². The van der Waals surface area contributed by atoms with Crippen LogP contribution in [0.2, 0.25) is 0 Å². The van der Waals surface area contributed by atoms with Crippen LogP contribution in [0.25, 0.3) is 0 Å². The lowest BCUT2D eigenvalue weighted by Crippen LogP contribution is -2.26. The van der Waals surface area contributed by atoms with E-state index in [9.17, 15) is 9.59 Å². The van der Waals surface area contributed by atoms with E-state index in [0.29, 0.717) is 25.8 Å². The van der Waals surface area contributed by atoms with Gasteiger partial charge in [-0.1, -0.05) is 0 Å². The van der Waals surface area contributed by atoms with Gasteiger partial charge in [-0.05, 0) is 36.7 Å². The van der Waals surface area contributed by atoms with E-state index in [1.807, 2.05) is 18.2 Å². The smallest absolute Gasteiger partial charge is 0.231 e. The van der Waals surface area contributed by atoms with Gasteiger partial charge in [-0.3, -0.25) is 9.59 Å². The molecule has 0 spiro atoms. The average molecular weight is 261 g/mol. The summed E-state index contributed by atoms with van der Waals surface area (Å²) >= 11 is 0. The third-order valence-corrected chi connectivity index (χ3v) is 3.50. The molecule has 1 heterocycles. The van der Waals surface area contributed by atoms with Crippen LogP contribution in [0.3, 0.4) is 0 Å². The van der Waals surface area contributed by atoms with Crippen LogP contribution in [0.15, 0.2) is 18.2 Å². The summed E-state index contributed by atoms with van der Waals surface area (Å²) in [5.41, 5.74) is 8.13. The standard InChI is InChI=1S/C14H19N3O2/c1-16(13(18)4-3-7-15)11-5-6-12-10(8-11)9-14(19)17(12)2/h5-6,8H,3-4,7,9,15H2,1-2H3. The van der Waals surface area contributed by atoms with Crippen LogP contribution >= 0.6 is 0 Å². The maximum atomic E-state index is 11.9. The molecule has 0 aliphatic carbocycles. The Morgan fingerprint density at radius 3 is 2.89 bits per heavy atom. The Kier molecular flexibility index (Phi) is 3.85. The Morgan fingerprint density at radius 1 is 1.47 bits per heavy atom. The molecule has 5 nitrogen and oxygen atoms in total. The Labute approximate surface area is 113 Å². The fourth-order valence-corrected chi connectivity index (χ4v) is 2.23. The largest absolute Gasteiger partial charge is 0.330 e. The van der Waals surface area contributed by atoms with Crippen LogP contribution in [-0.4, -0.2) is 32.5 Å². The highest BCUT2D eigenvalue weighted by atomic mass is 16.2. The summed E-state index contributed by atoms with van der Waals surface area (Å²) in [5, 5.41) is 0. The van der Waals surface area contributed by atoms with Crippen molar-refractivity contribution in [1.29, 1.82) is 0 Å². The summed E-state index contributed by atoms with van der Waals surface area (Å²) in [6.45, 7) is 0.517. The first-order chi connectivity index (χ1) is 9.04. The van der Waals surface area contributed by atoms with Gasteiger partial charge < -0.3 is 15.5 Å². The third kappa shape index (κ3) is 2.61. The third-order valence-electron chi connectivity index (χ3n) is 3.50. The molecule has 0 radical (unpaired) electrons. The van der Waals surface area contributed by atoms with Gasteiger partial charge in [0.15, 0.2) is 0 Å². The molecule has 2 N–H and O–H groups in total. The predicted octanol–water partition coefficient (Wildman–Crippen LogP) is 0.907. The number of nitrogens with zero attached hydrogens (tertiary/aromatic N) is 2. The first kappa shape index (κ1) is 13.5. The fraction of sp³-hybridized carbons (Fsp3) is 0.429. The molecule has 19 heavy (non-hydrogen) atoms. The Balaban J connectivity index is 2.17. The number of hydrogen-bond acceptors (Lipinski definition) is 3. The van der Waals surface area contributed by atoms with Gasteiger partial charge in [0, 0.05) is 31.9 Å². The number of nitrogens with two attached hydrogens (primary N) is 1. The average Bonchev–Trinajstić information content (AvgIpc) is 2.70. The molecular formula is C14H19N3O2. The highest BCUT2D eigenvalue weighted by Crippen LogP contribution is 2.31. The van der Waals surface area contributed by atoms with Crippen molar-refractivity contribution < 1.29 is 9.59 Å². The summed E-state index contributed by atoms with van der Waals surface area (Å²) in [5.74, 6) is 0.132. The van der Waals surface area contributed by atoms with Crippen LogP contribution in [0, 0.1) is 0 Å². The second-order valence-electron chi connectivity index (χ2n) is 4.79. The van der Waals surface area contributed by atoms with Gasteiger partial charge in [0.05, 0.1) is 6.42 Å².